The summed E-state index contributed by atoms with van der Waals surface area (Å²) in [7, 11) is 4.63. The predicted octanol–water partition coefficient (Wildman–Crippen LogP) is 2.86. The Bertz CT molecular complexity index is 1090. The number of methoxy groups -OCH3 is 3. The van der Waals surface area contributed by atoms with Crippen LogP contribution in [0.1, 0.15) is 47.0 Å². The fourth-order valence-corrected chi connectivity index (χ4v) is 6.04. The van der Waals surface area contributed by atoms with Crippen molar-refractivity contribution in [3.05, 3.63) is 48.6 Å². The van der Waals surface area contributed by atoms with E-state index in [2.05, 4.69) is 11.9 Å². The Hall–Kier alpha value is -2.42. The van der Waals surface area contributed by atoms with Crippen LogP contribution in [0.25, 0.3) is 0 Å². The molecule has 10 atom stereocenters. The number of carbonyl (C=O) groups excluding carboxylic acids is 1. The third-order valence-electron chi connectivity index (χ3n) is 8.99. The molecule has 0 saturated carbocycles. The number of amides is 1. The molecule has 3 saturated heterocycles. The van der Waals surface area contributed by atoms with Gasteiger partial charge in [-0.05, 0) is 13.3 Å². The largest absolute Gasteiger partial charge is 0.478 e. The van der Waals surface area contributed by atoms with E-state index in [-0.39, 0.29) is 37.4 Å². The molecule has 0 aromatic carbocycles. The Kier molecular flexibility index (Phi) is 12.9. The zero-order valence-electron chi connectivity index (χ0n) is 26.8. The van der Waals surface area contributed by atoms with E-state index in [1.54, 1.807) is 26.4 Å². The van der Waals surface area contributed by atoms with Gasteiger partial charge in [0.1, 0.15) is 19.0 Å². The van der Waals surface area contributed by atoms with Gasteiger partial charge in [-0.2, -0.15) is 0 Å². The van der Waals surface area contributed by atoms with E-state index in [4.69, 9.17) is 38.3 Å². The summed E-state index contributed by atoms with van der Waals surface area (Å²) in [6.45, 7) is 11.9. The van der Waals surface area contributed by atoms with Crippen molar-refractivity contribution in [2.45, 2.75) is 102 Å². The monoisotopic (exact) mass is 623 g/mol. The van der Waals surface area contributed by atoms with Crippen LogP contribution in [0.5, 0.6) is 0 Å². The highest BCUT2D eigenvalue weighted by Gasteiger charge is 2.57. The molecule has 3 N–H and O–H groups in total. The van der Waals surface area contributed by atoms with Crippen molar-refractivity contribution in [2.75, 3.05) is 28.1 Å². The number of hydrogen-bond acceptors (Lipinski definition) is 10. The molecule has 248 valence electrons. The van der Waals surface area contributed by atoms with Gasteiger partial charge in [0.25, 0.3) is 5.91 Å². The van der Waals surface area contributed by atoms with Gasteiger partial charge < -0.3 is 48.7 Å². The van der Waals surface area contributed by atoms with Crippen molar-refractivity contribution >= 4 is 11.9 Å². The number of fused-ring (bicyclic) bond motifs is 1. The summed E-state index contributed by atoms with van der Waals surface area (Å²) in [5.74, 6) is -3.30. The van der Waals surface area contributed by atoms with E-state index in [0.717, 1.165) is 11.6 Å². The highest BCUT2D eigenvalue weighted by atomic mass is 16.7. The second-order valence-electron chi connectivity index (χ2n) is 12.1. The number of nitrogens with one attached hydrogen (secondary N) is 1. The molecule has 0 bridgehead atoms. The molecule has 44 heavy (non-hydrogen) atoms. The molecule has 0 spiro atoms. The van der Waals surface area contributed by atoms with E-state index in [1.165, 1.54) is 13.2 Å². The SMILES string of the molecule is C=C1C[C@](OC)([C@H](O)C(=O)N[C@H]2OCO[C@H]3[C@@H]2O[C@H](C[C@@H](C/C=C/C=C/C=C/C(=O)O)OC)C(C)(C)[C@@H]3OC)O[C@H](C)[C@@H]1C. The maximum Gasteiger partial charge on any atom is 0.328 e. The topological polar surface area (TPSA) is 151 Å². The summed E-state index contributed by atoms with van der Waals surface area (Å²) in [4.78, 5) is 24.0. The molecule has 3 aliphatic heterocycles. The van der Waals surface area contributed by atoms with Crippen LogP contribution < -0.4 is 5.32 Å². The molecular formula is C32H49NO11. The number of allylic oxidation sites excluding steroid dienone is 4. The molecule has 0 radical (unpaired) electrons. The van der Waals surface area contributed by atoms with Gasteiger partial charge in [-0.15, -0.1) is 0 Å². The summed E-state index contributed by atoms with van der Waals surface area (Å²) in [6, 6.07) is 0. The highest BCUT2D eigenvalue weighted by Crippen LogP contribution is 2.44. The lowest BCUT2D eigenvalue weighted by molar-refractivity contribution is -0.333. The van der Waals surface area contributed by atoms with Crippen LogP contribution in [0.15, 0.2) is 48.6 Å². The van der Waals surface area contributed by atoms with Gasteiger partial charge in [-0.25, -0.2) is 4.79 Å². The lowest BCUT2D eigenvalue weighted by Gasteiger charge is -2.54. The van der Waals surface area contributed by atoms with Crippen molar-refractivity contribution in [3.63, 3.8) is 0 Å². The molecule has 1 amide bonds. The van der Waals surface area contributed by atoms with Crippen molar-refractivity contribution in [3.8, 4) is 0 Å². The van der Waals surface area contributed by atoms with Gasteiger partial charge in [-0.1, -0.05) is 63.3 Å². The van der Waals surface area contributed by atoms with E-state index in [0.29, 0.717) is 12.8 Å². The first kappa shape index (κ1) is 36.1. The fourth-order valence-electron chi connectivity index (χ4n) is 6.04. The van der Waals surface area contributed by atoms with Crippen LogP contribution in [0, 0.1) is 11.3 Å². The van der Waals surface area contributed by atoms with Crippen LogP contribution in [-0.4, -0.2) is 105 Å². The summed E-state index contributed by atoms with van der Waals surface area (Å²) in [6.07, 6.45) is 5.59. The van der Waals surface area contributed by atoms with E-state index in [9.17, 15) is 14.7 Å². The Morgan fingerprint density at radius 2 is 1.82 bits per heavy atom. The van der Waals surface area contributed by atoms with Crippen molar-refractivity contribution in [2.24, 2.45) is 11.3 Å². The maximum absolute atomic E-state index is 13.4. The second-order valence-corrected chi connectivity index (χ2v) is 12.1. The van der Waals surface area contributed by atoms with E-state index < -0.39 is 53.7 Å². The molecule has 0 aromatic heterocycles. The highest BCUT2D eigenvalue weighted by molar-refractivity contribution is 5.82. The van der Waals surface area contributed by atoms with Crippen molar-refractivity contribution < 1.29 is 53.0 Å². The standard InChI is InChI=1S/C32H49NO11/c1-19-17-32(40-8,44-21(3)20(19)2)27(36)29(37)33-30-26-25(41-18-42-30)28(39-7)31(4,5)23(43-26)16-22(38-6)14-12-10-9-11-13-15-24(34)35/h9-13,15,20-23,25-28,30,36H,1,14,16-18H2,2-8H3,(H,33,37)(H,34,35)/b11-9+,12-10+,15-13+/t20-,21-,22-,23-,25+,26+,27-,28-,30+,32-/m1/s1. The number of carbonyl (C=O) groups is 2. The lowest BCUT2D eigenvalue weighted by atomic mass is 9.72. The quantitative estimate of drug-likeness (QED) is 0.158. The average molecular weight is 624 g/mol. The molecule has 3 heterocycles. The minimum absolute atomic E-state index is 0.0406. The number of aliphatic hydroxyl groups is 1. The third-order valence-corrected chi connectivity index (χ3v) is 8.99. The smallest absolute Gasteiger partial charge is 0.328 e. The summed E-state index contributed by atoms with van der Waals surface area (Å²) in [5.41, 5.74) is 0.309. The van der Waals surface area contributed by atoms with Crippen molar-refractivity contribution in [1.82, 2.24) is 5.32 Å². The number of hydrogen-bond donors (Lipinski definition) is 3. The molecule has 12 nitrogen and oxygen atoms in total. The molecule has 0 aromatic rings. The third kappa shape index (κ3) is 8.24. The molecule has 3 rings (SSSR count). The number of carboxylic acids is 1. The van der Waals surface area contributed by atoms with Crippen LogP contribution in [0.3, 0.4) is 0 Å². The van der Waals surface area contributed by atoms with Crippen LogP contribution in [-0.2, 0) is 42.7 Å². The normalized spacial score (nSPS) is 35.5. The number of carboxylic acid groups (broad SMARTS) is 1. The zero-order valence-corrected chi connectivity index (χ0v) is 26.8. The maximum atomic E-state index is 13.4. The molecule has 12 heteroatoms. The Morgan fingerprint density at radius 1 is 1.11 bits per heavy atom. The van der Waals surface area contributed by atoms with Gasteiger partial charge in [-0.3, -0.25) is 4.79 Å². The fraction of sp³-hybridized carbons (Fsp3) is 0.688. The Morgan fingerprint density at radius 3 is 2.43 bits per heavy atom. The predicted molar refractivity (Wildman–Crippen MR) is 160 cm³/mol. The Labute approximate surface area is 260 Å². The first-order valence-corrected chi connectivity index (χ1v) is 14.9. The van der Waals surface area contributed by atoms with Gasteiger partial charge in [0.2, 0.25) is 5.79 Å². The van der Waals surface area contributed by atoms with Crippen LogP contribution in [0.2, 0.25) is 0 Å². The number of ether oxygens (including phenoxy) is 7. The molecule has 3 aliphatic rings. The minimum atomic E-state index is -1.67. The van der Waals surface area contributed by atoms with Gasteiger partial charge in [0.05, 0.1) is 24.4 Å². The van der Waals surface area contributed by atoms with E-state index in [1.807, 2.05) is 39.8 Å². The van der Waals surface area contributed by atoms with Crippen LogP contribution in [0.4, 0.5) is 0 Å². The summed E-state index contributed by atoms with van der Waals surface area (Å²) < 4.78 is 41.7. The van der Waals surface area contributed by atoms with Crippen LogP contribution >= 0.6 is 0 Å². The van der Waals surface area contributed by atoms with Crippen molar-refractivity contribution in [1.29, 1.82) is 0 Å². The number of rotatable bonds is 13. The summed E-state index contributed by atoms with van der Waals surface area (Å²) in [5, 5.41) is 22.6. The molecule has 0 unspecified atom stereocenters. The number of aliphatic hydroxyl groups excluding tert-OH is 1. The zero-order chi connectivity index (χ0) is 32.7. The summed E-state index contributed by atoms with van der Waals surface area (Å²) >= 11 is 0. The van der Waals surface area contributed by atoms with Gasteiger partial charge in [0, 0.05) is 51.6 Å². The molecule has 3 fully saturated rings. The molecule has 0 aliphatic carbocycles. The average Bonchev–Trinajstić information content (AvgIpc) is 2.98. The van der Waals surface area contributed by atoms with Gasteiger partial charge in [0.15, 0.2) is 12.3 Å². The minimum Gasteiger partial charge on any atom is -0.478 e. The lowest BCUT2D eigenvalue weighted by Crippen LogP contribution is -2.69. The molecular weight excluding hydrogens is 574 g/mol. The first-order chi connectivity index (χ1) is 20.8. The number of aliphatic carboxylic acids is 1. The second kappa shape index (κ2) is 15.7. The van der Waals surface area contributed by atoms with E-state index >= 15 is 0 Å². The Balaban J connectivity index is 1.74. The van der Waals surface area contributed by atoms with Gasteiger partial charge >= 0.3 is 5.97 Å². The first-order valence-electron chi connectivity index (χ1n) is 14.9.